The minimum absolute atomic E-state index is 0.00348. The molecule has 1 aromatic carbocycles. The minimum atomic E-state index is 0.00348. The third-order valence-electron chi connectivity index (χ3n) is 3.82. The Bertz CT molecular complexity index is 506. The highest BCUT2D eigenvalue weighted by atomic mass is 16.3. The zero-order valence-corrected chi connectivity index (χ0v) is 11.2. The first-order chi connectivity index (χ1) is 8.68. The van der Waals surface area contributed by atoms with Crippen molar-refractivity contribution in [3.63, 3.8) is 0 Å². The van der Waals surface area contributed by atoms with Crippen LogP contribution in [0.2, 0.25) is 0 Å². The molecule has 0 aliphatic rings. The highest BCUT2D eigenvalue weighted by molar-refractivity contribution is 5.82. The summed E-state index contributed by atoms with van der Waals surface area (Å²) in [5.41, 5.74) is 2.48. The lowest BCUT2D eigenvalue weighted by atomic mass is 9.94. The molecule has 18 heavy (non-hydrogen) atoms. The fraction of sp³-hybridized carbons (Fsp3) is 0.467. The fourth-order valence-electron chi connectivity index (χ4n) is 2.24. The first-order valence-corrected chi connectivity index (χ1v) is 6.59. The topological polar surface area (TPSA) is 48.0 Å². The third kappa shape index (κ3) is 2.74. The van der Waals surface area contributed by atoms with Gasteiger partial charge in [-0.25, -0.2) is 0 Å². The van der Waals surface area contributed by atoms with Crippen LogP contribution in [0.15, 0.2) is 30.5 Å². The van der Waals surface area contributed by atoms with Crippen LogP contribution in [0.3, 0.4) is 0 Å². The molecule has 1 unspecified atom stereocenters. The molecule has 0 aliphatic heterocycles. The normalized spacial score (nSPS) is 14.8. The minimum Gasteiger partial charge on any atom is -0.396 e. The van der Waals surface area contributed by atoms with Gasteiger partial charge < -0.3 is 15.4 Å². The number of hydrogen-bond acceptors (Lipinski definition) is 2. The Morgan fingerprint density at radius 2 is 2.17 bits per heavy atom. The van der Waals surface area contributed by atoms with E-state index >= 15 is 0 Å². The summed E-state index contributed by atoms with van der Waals surface area (Å²) in [7, 11) is 0. The molecular formula is C15H22N2O. The number of aliphatic hydroxyl groups excluding tert-OH is 1. The van der Waals surface area contributed by atoms with E-state index in [1.807, 2.05) is 6.20 Å². The van der Waals surface area contributed by atoms with Crippen LogP contribution in [0.4, 0.5) is 0 Å². The summed E-state index contributed by atoms with van der Waals surface area (Å²) >= 11 is 0. The zero-order chi connectivity index (χ0) is 13.0. The van der Waals surface area contributed by atoms with E-state index < -0.39 is 0 Å². The van der Waals surface area contributed by atoms with Gasteiger partial charge in [-0.2, -0.15) is 0 Å². The SMILES string of the molecule is CCC(C)(CCO)NCc1cccc2cc[nH]c12. The maximum atomic E-state index is 9.12. The van der Waals surface area contributed by atoms with E-state index in [1.54, 1.807) is 0 Å². The maximum Gasteiger partial charge on any atom is 0.0499 e. The van der Waals surface area contributed by atoms with E-state index in [0.717, 1.165) is 19.4 Å². The molecule has 2 rings (SSSR count). The second-order valence-electron chi connectivity index (χ2n) is 5.10. The molecular weight excluding hydrogens is 224 g/mol. The van der Waals surface area contributed by atoms with Crippen LogP contribution in [0.5, 0.6) is 0 Å². The van der Waals surface area contributed by atoms with Gasteiger partial charge in [0.05, 0.1) is 0 Å². The molecule has 1 atom stereocenters. The Labute approximate surface area is 108 Å². The number of aliphatic hydroxyl groups is 1. The van der Waals surface area contributed by atoms with Crippen LogP contribution in [-0.4, -0.2) is 22.2 Å². The number of aromatic amines is 1. The third-order valence-corrected chi connectivity index (χ3v) is 3.82. The molecule has 3 nitrogen and oxygen atoms in total. The largest absolute Gasteiger partial charge is 0.396 e. The standard InChI is InChI=1S/C15H22N2O/c1-3-15(2,8-10-18)17-11-13-6-4-5-12-7-9-16-14(12)13/h4-7,9,16-18H,3,8,10-11H2,1-2H3. The number of hydrogen-bond donors (Lipinski definition) is 3. The molecule has 3 heteroatoms. The van der Waals surface area contributed by atoms with Gasteiger partial charge in [-0.1, -0.05) is 25.1 Å². The van der Waals surface area contributed by atoms with Crippen molar-refractivity contribution in [2.75, 3.05) is 6.61 Å². The van der Waals surface area contributed by atoms with Gasteiger partial charge in [0.2, 0.25) is 0 Å². The summed E-state index contributed by atoms with van der Waals surface area (Å²) in [6, 6.07) is 8.43. The van der Waals surface area contributed by atoms with Crippen molar-refractivity contribution in [2.45, 2.75) is 38.8 Å². The number of nitrogens with one attached hydrogen (secondary N) is 2. The predicted octanol–water partition coefficient (Wildman–Crippen LogP) is 2.81. The van der Waals surface area contributed by atoms with Gasteiger partial charge in [0.15, 0.2) is 0 Å². The predicted molar refractivity (Wildman–Crippen MR) is 75.5 cm³/mol. The van der Waals surface area contributed by atoms with Gasteiger partial charge in [-0.05, 0) is 36.8 Å². The smallest absolute Gasteiger partial charge is 0.0499 e. The van der Waals surface area contributed by atoms with Crippen molar-refractivity contribution in [3.8, 4) is 0 Å². The van der Waals surface area contributed by atoms with Gasteiger partial charge in [-0.15, -0.1) is 0 Å². The van der Waals surface area contributed by atoms with Crippen LogP contribution in [0.1, 0.15) is 32.3 Å². The summed E-state index contributed by atoms with van der Waals surface area (Å²) < 4.78 is 0. The Balaban J connectivity index is 2.12. The molecule has 1 heterocycles. The molecule has 0 fully saturated rings. The Morgan fingerprint density at radius 1 is 1.33 bits per heavy atom. The van der Waals surface area contributed by atoms with Crippen LogP contribution in [0, 0.1) is 0 Å². The monoisotopic (exact) mass is 246 g/mol. The Kier molecular flexibility index (Phi) is 4.04. The number of aromatic nitrogens is 1. The molecule has 98 valence electrons. The highest BCUT2D eigenvalue weighted by Gasteiger charge is 2.20. The van der Waals surface area contributed by atoms with Crippen molar-refractivity contribution < 1.29 is 5.11 Å². The molecule has 3 N–H and O–H groups in total. The molecule has 0 aliphatic carbocycles. The molecule has 0 bridgehead atoms. The lowest BCUT2D eigenvalue weighted by Gasteiger charge is -2.29. The first kappa shape index (κ1) is 13.1. The van der Waals surface area contributed by atoms with Crippen molar-refractivity contribution >= 4 is 10.9 Å². The van der Waals surface area contributed by atoms with Crippen molar-refractivity contribution in [1.29, 1.82) is 0 Å². The summed E-state index contributed by atoms with van der Waals surface area (Å²) in [6.45, 7) is 5.36. The molecule has 0 saturated heterocycles. The van der Waals surface area contributed by atoms with Crippen molar-refractivity contribution in [3.05, 3.63) is 36.0 Å². The van der Waals surface area contributed by atoms with Gasteiger partial charge in [0.25, 0.3) is 0 Å². The van der Waals surface area contributed by atoms with Gasteiger partial charge >= 0.3 is 0 Å². The Hall–Kier alpha value is -1.32. The summed E-state index contributed by atoms with van der Waals surface area (Å²) in [4.78, 5) is 3.29. The van der Waals surface area contributed by atoms with Crippen LogP contribution in [-0.2, 0) is 6.54 Å². The summed E-state index contributed by atoms with van der Waals surface area (Å²) in [5.74, 6) is 0. The van der Waals surface area contributed by atoms with E-state index in [-0.39, 0.29) is 12.1 Å². The van der Waals surface area contributed by atoms with Gasteiger partial charge in [0.1, 0.15) is 0 Å². The summed E-state index contributed by atoms with van der Waals surface area (Å²) in [5, 5.41) is 13.9. The molecule has 0 saturated carbocycles. The second kappa shape index (κ2) is 5.55. The number of rotatable bonds is 6. The molecule has 0 spiro atoms. The van der Waals surface area contributed by atoms with Crippen LogP contribution in [0.25, 0.3) is 10.9 Å². The van der Waals surface area contributed by atoms with E-state index in [1.165, 1.54) is 16.5 Å². The molecule has 0 radical (unpaired) electrons. The van der Waals surface area contributed by atoms with E-state index in [4.69, 9.17) is 5.11 Å². The van der Waals surface area contributed by atoms with Crippen LogP contribution < -0.4 is 5.32 Å². The van der Waals surface area contributed by atoms with Gasteiger partial charge in [-0.3, -0.25) is 0 Å². The average Bonchev–Trinajstić information content (AvgIpc) is 2.85. The van der Waals surface area contributed by atoms with Crippen LogP contribution >= 0.6 is 0 Å². The number of benzene rings is 1. The van der Waals surface area contributed by atoms with E-state index in [0.29, 0.717) is 0 Å². The average molecular weight is 246 g/mol. The second-order valence-corrected chi connectivity index (χ2v) is 5.10. The fourth-order valence-corrected chi connectivity index (χ4v) is 2.24. The van der Waals surface area contributed by atoms with E-state index in [2.05, 4.69) is 48.4 Å². The lowest BCUT2D eigenvalue weighted by molar-refractivity contribution is 0.214. The quantitative estimate of drug-likeness (QED) is 0.734. The zero-order valence-electron chi connectivity index (χ0n) is 11.2. The van der Waals surface area contributed by atoms with Crippen molar-refractivity contribution in [1.82, 2.24) is 10.3 Å². The summed E-state index contributed by atoms with van der Waals surface area (Å²) in [6.07, 6.45) is 3.76. The number of H-pyrrole nitrogens is 1. The molecule has 2 aromatic rings. The van der Waals surface area contributed by atoms with E-state index in [9.17, 15) is 0 Å². The van der Waals surface area contributed by atoms with Crippen molar-refractivity contribution in [2.24, 2.45) is 0 Å². The first-order valence-electron chi connectivity index (χ1n) is 6.59. The number of para-hydroxylation sites is 1. The molecule has 1 aromatic heterocycles. The maximum absolute atomic E-state index is 9.12. The Morgan fingerprint density at radius 3 is 2.89 bits per heavy atom. The highest BCUT2D eigenvalue weighted by Crippen LogP contribution is 2.19. The molecule has 0 amide bonds. The van der Waals surface area contributed by atoms with Gasteiger partial charge in [0, 0.05) is 30.4 Å². The number of fused-ring (bicyclic) bond motifs is 1. The lowest BCUT2D eigenvalue weighted by Crippen LogP contribution is -2.42.